The maximum absolute atomic E-state index is 13.2. The van der Waals surface area contributed by atoms with Gasteiger partial charge >= 0.3 is 0 Å². The molecule has 1 aromatic heterocycles. The molecular weight excluding hydrogens is 338 g/mol. The Morgan fingerprint density at radius 2 is 1.78 bits per heavy atom. The number of para-hydroxylation sites is 3. The van der Waals surface area contributed by atoms with Crippen molar-refractivity contribution in [1.82, 2.24) is 4.98 Å². The van der Waals surface area contributed by atoms with Crippen molar-refractivity contribution in [2.24, 2.45) is 0 Å². The minimum absolute atomic E-state index is 0.0204. The zero-order valence-corrected chi connectivity index (χ0v) is 15.8. The summed E-state index contributed by atoms with van der Waals surface area (Å²) in [6.07, 6.45) is 1.94. The molecule has 0 bridgehead atoms. The molecule has 5 heteroatoms. The van der Waals surface area contributed by atoms with Crippen LogP contribution in [0.1, 0.15) is 19.4 Å². The lowest BCUT2D eigenvalue weighted by atomic mass is 9.83. The first-order valence-electron chi connectivity index (χ1n) is 9.37. The van der Waals surface area contributed by atoms with Gasteiger partial charge in [-0.15, -0.1) is 0 Å². The number of hydrogen-bond donors (Lipinski definition) is 2. The van der Waals surface area contributed by atoms with Gasteiger partial charge in [-0.2, -0.15) is 0 Å². The van der Waals surface area contributed by atoms with E-state index in [1.165, 1.54) is 0 Å². The van der Waals surface area contributed by atoms with E-state index in [1.807, 2.05) is 56.4 Å². The lowest BCUT2D eigenvalue weighted by Crippen LogP contribution is -2.38. The van der Waals surface area contributed by atoms with Crippen LogP contribution in [0.4, 0.5) is 11.4 Å². The number of morpholine rings is 1. The number of nitrogens with one attached hydrogen (secondary N) is 2. The highest BCUT2D eigenvalue weighted by atomic mass is 16.5. The summed E-state index contributed by atoms with van der Waals surface area (Å²) in [5.74, 6) is -0.0204. The summed E-state index contributed by atoms with van der Waals surface area (Å²) in [7, 11) is 0. The first kappa shape index (κ1) is 17.6. The van der Waals surface area contributed by atoms with E-state index in [9.17, 15) is 4.79 Å². The molecule has 3 aromatic rings. The number of aromatic nitrogens is 1. The molecule has 27 heavy (non-hydrogen) atoms. The van der Waals surface area contributed by atoms with E-state index < -0.39 is 5.41 Å². The van der Waals surface area contributed by atoms with Crippen LogP contribution in [-0.4, -0.2) is 37.2 Å². The summed E-state index contributed by atoms with van der Waals surface area (Å²) in [5, 5.41) is 4.25. The van der Waals surface area contributed by atoms with Crippen molar-refractivity contribution in [3.63, 3.8) is 0 Å². The molecule has 0 radical (unpaired) electrons. The molecule has 0 unspecified atom stereocenters. The quantitative estimate of drug-likeness (QED) is 0.739. The second-order valence-corrected chi connectivity index (χ2v) is 7.44. The molecule has 140 valence electrons. The molecule has 1 amide bonds. The van der Waals surface area contributed by atoms with Crippen molar-refractivity contribution in [3.05, 3.63) is 60.3 Å². The van der Waals surface area contributed by atoms with Gasteiger partial charge in [0.2, 0.25) is 5.91 Å². The van der Waals surface area contributed by atoms with Crippen LogP contribution in [0.3, 0.4) is 0 Å². The number of carbonyl (C=O) groups excluding carboxylic acids is 1. The van der Waals surface area contributed by atoms with Gasteiger partial charge in [-0.25, -0.2) is 0 Å². The molecule has 4 rings (SSSR count). The van der Waals surface area contributed by atoms with Crippen molar-refractivity contribution in [2.45, 2.75) is 19.3 Å². The first-order valence-corrected chi connectivity index (χ1v) is 9.37. The third-order valence-corrected chi connectivity index (χ3v) is 5.33. The maximum Gasteiger partial charge on any atom is 0.234 e. The number of rotatable bonds is 4. The van der Waals surface area contributed by atoms with Gasteiger partial charge in [-0.3, -0.25) is 4.79 Å². The molecule has 0 aliphatic carbocycles. The monoisotopic (exact) mass is 363 g/mol. The minimum atomic E-state index is -0.669. The van der Waals surface area contributed by atoms with Gasteiger partial charge in [0.25, 0.3) is 0 Å². The number of amides is 1. The van der Waals surface area contributed by atoms with Crippen molar-refractivity contribution >= 4 is 28.2 Å². The lowest BCUT2D eigenvalue weighted by molar-refractivity contribution is -0.120. The highest BCUT2D eigenvalue weighted by Crippen LogP contribution is 2.33. The molecule has 2 aromatic carbocycles. The predicted octanol–water partition coefficient (Wildman–Crippen LogP) is 3.92. The average Bonchev–Trinajstić information content (AvgIpc) is 3.14. The predicted molar refractivity (Wildman–Crippen MR) is 109 cm³/mol. The van der Waals surface area contributed by atoms with Crippen LogP contribution in [0.2, 0.25) is 0 Å². The number of hydrogen-bond acceptors (Lipinski definition) is 3. The number of H-pyrrole nitrogens is 1. The van der Waals surface area contributed by atoms with E-state index in [0.717, 1.165) is 40.9 Å². The number of aromatic amines is 1. The van der Waals surface area contributed by atoms with Gasteiger partial charge in [0.05, 0.1) is 30.0 Å². The first-order chi connectivity index (χ1) is 13.1. The molecule has 0 spiro atoms. The molecule has 5 nitrogen and oxygen atoms in total. The number of fused-ring (bicyclic) bond motifs is 1. The molecule has 1 fully saturated rings. The fourth-order valence-corrected chi connectivity index (χ4v) is 3.65. The zero-order valence-electron chi connectivity index (χ0n) is 15.8. The van der Waals surface area contributed by atoms with Crippen LogP contribution in [0, 0.1) is 0 Å². The fraction of sp³-hybridized carbons (Fsp3) is 0.318. The minimum Gasteiger partial charge on any atom is -0.378 e. The summed E-state index contributed by atoms with van der Waals surface area (Å²) in [6.45, 7) is 7.02. The van der Waals surface area contributed by atoms with E-state index in [2.05, 4.69) is 27.3 Å². The second-order valence-electron chi connectivity index (χ2n) is 7.44. The number of ether oxygens (including phenoxy) is 1. The fourth-order valence-electron chi connectivity index (χ4n) is 3.65. The standard InChI is InChI=1S/C22H25N3O2/c1-22(2,17-15-23-18-8-4-3-7-16(17)18)21(26)24-19-9-5-6-10-20(19)25-11-13-27-14-12-25/h3-10,15,23H,11-14H2,1-2H3,(H,24,26). The Morgan fingerprint density at radius 3 is 2.59 bits per heavy atom. The number of nitrogens with zero attached hydrogens (tertiary/aromatic N) is 1. The topological polar surface area (TPSA) is 57.4 Å². The van der Waals surface area contributed by atoms with Crippen LogP contribution < -0.4 is 10.2 Å². The lowest BCUT2D eigenvalue weighted by Gasteiger charge is -2.31. The Balaban J connectivity index is 1.62. The summed E-state index contributed by atoms with van der Waals surface area (Å²) < 4.78 is 5.45. The average molecular weight is 363 g/mol. The van der Waals surface area contributed by atoms with Gasteiger partial charge in [0, 0.05) is 30.2 Å². The third kappa shape index (κ3) is 3.30. The third-order valence-electron chi connectivity index (χ3n) is 5.33. The SMILES string of the molecule is CC(C)(C(=O)Nc1ccccc1N1CCOCC1)c1c[nH]c2ccccc12. The van der Waals surface area contributed by atoms with Crippen molar-refractivity contribution in [2.75, 3.05) is 36.5 Å². The number of benzene rings is 2. The highest BCUT2D eigenvalue weighted by molar-refractivity contribution is 6.03. The largest absolute Gasteiger partial charge is 0.378 e. The summed E-state index contributed by atoms with van der Waals surface area (Å²) in [6, 6.07) is 16.1. The van der Waals surface area contributed by atoms with Crippen LogP contribution in [0.5, 0.6) is 0 Å². The molecule has 1 aliphatic rings. The van der Waals surface area contributed by atoms with Crippen molar-refractivity contribution < 1.29 is 9.53 Å². The molecule has 1 aliphatic heterocycles. The van der Waals surface area contributed by atoms with Gasteiger partial charge in [0.15, 0.2) is 0 Å². The second kappa shape index (κ2) is 7.08. The van der Waals surface area contributed by atoms with Crippen molar-refractivity contribution in [1.29, 1.82) is 0 Å². The van der Waals surface area contributed by atoms with Gasteiger partial charge in [-0.1, -0.05) is 30.3 Å². The summed E-state index contributed by atoms with van der Waals surface area (Å²) in [5.41, 5.74) is 3.26. The Labute approximate surface area is 159 Å². The Bertz CT molecular complexity index is 955. The summed E-state index contributed by atoms with van der Waals surface area (Å²) >= 11 is 0. The number of anilines is 2. The molecular formula is C22H25N3O2. The molecule has 2 N–H and O–H groups in total. The van der Waals surface area contributed by atoms with Crippen LogP contribution in [0.15, 0.2) is 54.7 Å². The molecule has 0 saturated carbocycles. The smallest absolute Gasteiger partial charge is 0.234 e. The normalized spacial score (nSPS) is 15.1. The van der Waals surface area contributed by atoms with E-state index in [-0.39, 0.29) is 5.91 Å². The summed E-state index contributed by atoms with van der Waals surface area (Å²) in [4.78, 5) is 18.8. The molecule has 0 atom stereocenters. The van der Waals surface area contributed by atoms with Crippen LogP contribution in [-0.2, 0) is 14.9 Å². The van der Waals surface area contributed by atoms with Gasteiger partial charge < -0.3 is 19.9 Å². The highest BCUT2D eigenvalue weighted by Gasteiger charge is 2.33. The van der Waals surface area contributed by atoms with E-state index in [1.54, 1.807) is 0 Å². The van der Waals surface area contributed by atoms with E-state index in [4.69, 9.17) is 4.74 Å². The molecule has 1 saturated heterocycles. The van der Waals surface area contributed by atoms with E-state index in [0.29, 0.717) is 13.2 Å². The zero-order chi connectivity index (χ0) is 18.9. The van der Waals surface area contributed by atoms with Gasteiger partial charge in [0.1, 0.15) is 0 Å². The Morgan fingerprint density at radius 1 is 1.07 bits per heavy atom. The van der Waals surface area contributed by atoms with Crippen LogP contribution in [0.25, 0.3) is 10.9 Å². The Kier molecular flexibility index (Phi) is 4.62. The maximum atomic E-state index is 13.2. The number of carbonyl (C=O) groups is 1. The van der Waals surface area contributed by atoms with E-state index >= 15 is 0 Å². The van der Waals surface area contributed by atoms with Crippen molar-refractivity contribution in [3.8, 4) is 0 Å². The Hall–Kier alpha value is -2.79. The van der Waals surface area contributed by atoms with Gasteiger partial charge in [-0.05, 0) is 37.6 Å². The molecule has 2 heterocycles. The van der Waals surface area contributed by atoms with Crippen LogP contribution >= 0.6 is 0 Å².